The van der Waals surface area contributed by atoms with Crippen molar-refractivity contribution >= 4 is 22.6 Å². The number of halogens is 1. The van der Waals surface area contributed by atoms with Gasteiger partial charge in [-0.15, -0.1) is 0 Å². The summed E-state index contributed by atoms with van der Waals surface area (Å²) in [5.74, 6) is 0.329. The van der Waals surface area contributed by atoms with Gasteiger partial charge < -0.3 is 10.2 Å². The van der Waals surface area contributed by atoms with Gasteiger partial charge in [-0.25, -0.2) is 0 Å². The molecule has 2 aromatic carbocycles. The number of phenols is 2. The van der Waals surface area contributed by atoms with E-state index in [1.165, 1.54) is 12.1 Å². The maximum atomic E-state index is 9.64. The fraction of sp³-hybridized carbons (Fsp3) is 0. The first-order valence-electron chi connectivity index (χ1n) is 4.45. The number of aromatic hydroxyl groups is 2. The molecule has 0 aliphatic carbocycles. The molecule has 0 spiro atoms. The van der Waals surface area contributed by atoms with E-state index >= 15 is 0 Å². The molecule has 0 aliphatic rings. The van der Waals surface area contributed by atoms with Crippen LogP contribution in [0.4, 0.5) is 0 Å². The molecule has 0 unspecified atom stereocenters. The molecule has 2 nitrogen and oxygen atoms in total. The van der Waals surface area contributed by atoms with Crippen LogP contribution in [0.25, 0.3) is 11.1 Å². The molecule has 2 rings (SSSR count). The lowest BCUT2D eigenvalue weighted by Gasteiger charge is -2.05. The molecule has 2 N–H and O–H groups in total. The Morgan fingerprint density at radius 2 is 1.53 bits per heavy atom. The third-order valence-corrected chi connectivity index (χ3v) is 2.85. The Balaban J connectivity index is 2.53. The van der Waals surface area contributed by atoms with Gasteiger partial charge in [0.1, 0.15) is 11.5 Å². The van der Waals surface area contributed by atoms with Crippen molar-refractivity contribution in [2.45, 2.75) is 0 Å². The van der Waals surface area contributed by atoms with Crippen LogP contribution in [0.1, 0.15) is 0 Å². The Labute approximate surface area is 101 Å². The summed E-state index contributed by atoms with van der Waals surface area (Å²) in [6.45, 7) is 0. The predicted octanol–water partition coefficient (Wildman–Crippen LogP) is 3.37. The van der Waals surface area contributed by atoms with E-state index in [-0.39, 0.29) is 11.5 Å². The second-order valence-electron chi connectivity index (χ2n) is 3.21. The fourth-order valence-electron chi connectivity index (χ4n) is 1.38. The van der Waals surface area contributed by atoms with Crippen molar-refractivity contribution in [2.24, 2.45) is 0 Å². The lowest BCUT2D eigenvalue weighted by Crippen LogP contribution is -1.79. The zero-order valence-corrected chi connectivity index (χ0v) is 9.97. The van der Waals surface area contributed by atoms with Crippen molar-refractivity contribution in [2.75, 3.05) is 0 Å². The number of phenolic OH excluding ortho intramolecular Hbond substituents is 2. The highest BCUT2D eigenvalue weighted by atomic mass is 127. The maximum absolute atomic E-state index is 9.64. The summed E-state index contributed by atoms with van der Waals surface area (Å²) in [5.41, 5.74) is 1.54. The van der Waals surface area contributed by atoms with Gasteiger partial charge >= 0.3 is 0 Å². The van der Waals surface area contributed by atoms with Gasteiger partial charge in [0.25, 0.3) is 0 Å². The minimum atomic E-state index is 0.154. The molecule has 0 saturated heterocycles. The Hall–Kier alpha value is -1.23. The molecule has 0 amide bonds. The number of hydrogen-bond donors (Lipinski definition) is 2. The van der Waals surface area contributed by atoms with Gasteiger partial charge in [-0.2, -0.15) is 0 Å². The van der Waals surface area contributed by atoms with Gasteiger partial charge in [0.05, 0.1) is 0 Å². The molecule has 76 valence electrons. The van der Waals surface area contributed by atoms with E-state index in [2.05, 4.69) is 22.6 Å². The summed E-state index contributed by atoms with van der Waals surface area (Å²) in [6.07, 6.45) is 0. The van der Waals surface area contributed by atoms with E-state index in [0.29, 0.717) is 5.56 Å². The third kappa shape index (κ3) is 2.23. The number of rotatable bonds is 1. The van der Waals surface area contributed by atoms with Gasteiger partial charge in [-0.3, -0.25) is 0 Å². The molecule has 15 heavy (non-hydrogen) atoms. The average Bonchev–Trinajstić information content (AvgIpc) is 2.23. The molecule has 3 heteroatoms. The lowest BCUT2D eigenvalue weighted by molar-refractivity contribution is 0.462. The number of benzene rings is 2. The fourth-order valence-corrected chi connectivity index (χ4v) is 1.74. The molecule has 0 heterocycles. The van der Waals surface area contributed by atoms with E-state index in [4.69, 9.17) is 0 Å². The number of hydrogen-bond acceptors (Lipinski definition) is 2. The van der Waals surface area contributed by atoms with Crippen molar-refractivity contribution in [3.8, 4) is 22.6 Å². The summed E-state index contributed by atoms with van der Waals surface area (Å²) < 4.78 is 1.14. The van der Waals surface area contributed by atoms with Crippen molar-refractivity contribution in [1.29, 1.82) is 0 Å². The Morgan fingerprint density at radius 1 is 0.867 bits per heavy atom. The average molecular weight is 312 g/mol. The van der Waals surface area contributed by atoms with Crippen LogP contribution in [0.5, 0.6) is 11.5 Å². The normalized spacial score (nSPS) is 10.2. The molecule has 0 atom stereocenters. The summed E-state index contributed by atoms with van der Waals surface area (Å²) in [5, 5.41) is 19.0. The van der Waals surface area contributed by atoms with Gasteiger partial charge in [-0.1, -0.05) is 12.1 Å². The zero-order valence-electron chi connectivity index (χ0n) is 7.81. The molecule has 2 aromatic rings. The predicted molar refractivity (Wildman–Crippen MR) is 67.9 cm³/mol. The van der Waals surface area contributed by atoms with Crippen LogP contribution < -0.4 is 0 Å². The highest BCUT2D eigenvalue weighted by Gasteiger charge is 2.04. The standard InChI is InChI=1S/C12H9IO2/c13-9-3-1-8(2-4-9)11-7-10(14)5-6-12(11)15/h1-7,14-15H. The lowest BCUT2D eigenvalue weighted by atomic mass is 10.0. The molecular formula is C12H9IO2. The first-order chi connectivity index (χ1) is 7.16. The zero-order chi connectivity index (χ0) is 10.8. The molecule has 0 bridgehead atoms. The van der Waals surface area contributed by atoms with Gasteiger partial charge in [0, 0.05) is 9.13 Å². The third-order valence-electron chi connectivity index (χ3n) is 2.14. The van der Waals surface area contributed by atoms with Crippen molar-refractivity contribution < 1.29 is 10.2 Å². The molecule has 0 radical (unpaired) electrons. The van der Waals surface area contributed by atoms with E-state index in [1.807, 2.05) is 24.3 Å². The maximum Gasteiger partial charge on any atom is 0.123 e. The Morgan fingerprint density at radius 3 is 2.20 bits per heavy atom. The first-order valence-corrected chi connectivity index (χ1v) is 5.52. The van der Waals surface area contributed by atoms with Crippen LogP contribution in [-0.2, 0) is 0 Å². The molecular weight excluding hydrogens is 303 g/mol. The second kappa shape index (κ2) is 4.10. The van der Waals surface area contributed by atoms with E-state index in [0.717, 1.165) is 9.13 Å². The molecule has 0 aliphatic heterocycles. The van der Waals surface area contributed by atoms with Crippen LogP contribution >= 0.6 is 22.6 Å². The van der Waals surface area contributed by atoms with E-state index < -0.39 is 0 Å². The van der Waals surface area contributed by atoms with Gasteiger partial charge in [-0.05, 0) is 58.5 Å². The van der Waals surface area contributed by atoms with Crippen LogP contribution in [-0.4, -0.2) is 10.2 Å². The van der Waals surface area contributed by atoms with Crippen molar-refractivity contribution in [3.63, 3.8) is 0 Å². The smallest absolute Gasteiger partial charge is 0.123 e. The molecule has 0 saturated carbocycles. The van der Waals surface area contributed by atoms with Crippen molar-refractivity contribution in [3.05, 3.63) is 46.0 Å². The first kappa shape index (κ1) is 10.3. The second-order valence-corrected chi connectivity index (χ2v) is 4.45. The molecule has 0 aromatic heterocycles. The van der Waals surface area contributed by atoms with Crippen LogP contribution in [0.15, 0.2) is 42.5 Å². The Bertz CT molecular complexity index is 477. The highest BCUT2D eigenvalue weighted by Crippen LogP contribution is 2.32. The topological polar surface area (TPSA) is 40.5 Å². The largest absolute Gasteiger partial charge is 0.508 e. The van der Waals surface area contributed by atoms with Crippen LogP contribution in [0.2, 0.25) is 0 Å². The quantitative estimate of drug-likeness (QED) is 0.626. The minimum absolute atomic E-state index is 0.154. The van der Waals surface area contributed by atoms with Crippen molar-refractivity contribution in [1.82, 2.24) is 0 Å². The monoisotopic (exact) mass is 312 g/mol. The highest BCUT2D eigenvalue weighted by molar-refractivity contribution is 14.1. The van der Waals surface area contributed by atoms with Crippen LogP contribution in [0.3, 0.4) is 0 Å². The van der Waals surface area contributed by atoms with E-state index in [9.17, 15) is 10.2 Å². The molecule has 0 fully saturated rings. The summed E-state index contributed by atoms with van der Waals surface area (Å²) in [4.78, 5) is 0. The summed E-state index contributed by atoms with van der Waals surface area (Å²) in [6, 6.07) is 12.2. The van der Waals surface area contributed by atoms with Gasteiger partial charge in [0.15, 0.2) is 0 Å². The SMILES string of the molecule is Oc1ccc(O)c(-c2ccc(I)cc2)c1. The summed E-state index contributed by atoms with van der Waals surface area (Å²) >= 11 is 2.22. The summed E-state index contributed by atoms with van der Waals surface area (Å²) in [7, 11) is 0. The van der Waals surface area contributed by atoms with Crippen LogP contribution in [0, 0.1) is 3.57 Å². The van der Waals surface area contributed by atoms with Gasteiger partial charge in [0.2, 0.25) is 0 Å². The van der Waals surface area contributed by atoms with E-state index in [1.54, 1.807) is 6.07 Å². The Kier molecular flexibility index (Phi) is 2.81. The minimum Gasteiger partial charge on any atom is -0.508 e.